The summed E-state index contributed by atoms with van der Waals surface area (Å²) in [7, 11) is 1.91. The molecule has 0 radical (unpaired) electrons. The van der Waals surface area contributed by atoms with Crippen molar-refractivity contribution in [1.29, 1.82) is 0 Å². The van der Waals surface area contributed by atoms with E-state index in [0.29, 0.717) is 22.3 Å². The molecule has 2 aromatic carbocycles. The van der Waals surface area contributed by atoms with Gasteiger partial charge in [0.25, 0.3) is 0 Å². The maximum atomic E-state index is 12.2. The van der Waals surface area contributed by atoms with Gasteiger partial charge in [0.2, 0.25) is 5.91 Å². The molecule has 0 fully saturated rings. The zero-order valence-electron chi connectivity index (χ0n) is 13.5. The quantitative estimate of drug-likeness (QED) is 0.848. The van der Waals surface area contributed by atoms with Crippen molar-refractivity contribution in [1.82, 2.24) is 4.90 Å². The van der Waals surface area contributed by atoms with Crippen LogP contribution in [0.1, 0.15) is 16.7 Å². The standard InChI is InChI=1S/C18H20Cl2N2O/c1-12-7-8-14(13(2)9-12)10-22(3)11-17(23)21-18-15(19)5-4-6-16(18)20/h4-9H,10-11H2,1-3H3,(H,21,23). The van der Waals surface area contributed by atoms with Crippen LogP contribution < -0.4 is 5.32 Å². The lowest BCUT2D eigenvalue weighted by molar-refractivity contribution is -0.117. The Morgan fingerprint density at radius 3 is 2.39 bits per heavy atom. The maximum absolute atomic E-state index is 12.2. The second kappa shape index (κ2) is 7.82. The molecule has 0 heterocycles. The Bertz CT molecular complexity index is 696. The summed E-state index contributed by atoms with van der Waals surface area (Å²) < 4.78 is 0. The molecular formula is C18H20Cl2N2O. The van der Waals surface area contributed by atoms with Crippen LogP contribution in [0.5, 0.6) is 0 Å². The molecule has 2 rings (SSSR count). The second-order valence-electron chi connectivity index (χ2n) is 5.75. The first kappa shape index (κ1) is 17.8. The van der Waals surface area contributed by atoms with E-state index in [1.165, 1.54) is 16.7 Å². The van der Waals surface area contributed by atoms with Crippen LogP contribution in [-0.2, 0) is 11.3 Å². The van der Waals surface area contributed by atoms with E-state index in [1.807, 2.05) is 11.9 Å². The molecule has 0 aliphatic heterocycles. The summed E-state index contributed by atoms with van der Waals surface area (Å²) >= 11 is 12.1. The topological polar surface area (TPSA) is 32.3 Å². The van der Waals surface area contributed by atoms with Crippen molar-refractivity contribution >= 4 is 34.8 Å². The molecule has 1 N–H and O–H groups in total. The average molecular weight is 351 g/mol. The van der Waals surface area contributed by atoms with E-state index in [0.717, 1.165) is 0 Å². The first-order valence-electron chi connectivity index (χ1n) is 7.35. The van der Waals surface area contributed by atoms with Gasteiger partial charge >= 0.3 is 0 Å². The van der Waals surface area contributed by atoms with E-state index in [9.17, 15) is 4.79 Å². The molecule has 0 saturated carbocycles. The number of amides is 1. The smallest absolute Gasteiger partial charge is 0.238 e. The van der Waals surface area contributed by atoms with Crippen LogP contribution >= 0.6 is 23.2 Å². The van der Waals surface area contributed by atoms with Gasteiger partial charge in [-0.1, -0.05) is 53.0 Å². The molecule has 0 spiro atoms. The number of aryl methyl sites for hydroxylation is 2. The normalized spacial score (nSPS) is 10.9. The largest absolute Gasteiger partial charge is 0.322 e. The number of nitrogens with one attached hydrogen (secondary N) is 1. The van der Waals surface area contributed by atoms with Crippen molar-refractivity contribution in [2.45, 2.75) is 20.4 Å². The van der Waals surface area contributed by atoms with Crippen LogP contribution in [0.4, 0.5) is 5.69 Å². The molecule has 23 heavy (non-hydrogen) atoms. The molecular weight excluding hydrogens is 331 g/mol. The van der Waals surface area contributed by atoms with Crippen molar-refractivity contribution in [2.24, 2.45) is 0 Å². The number of para-hydroxylation sites is 1. The van der Waals surface area contributed by atoms with Crippen LogP contribution in [0.3, 0.4) is 0 Å². The Kier molecular flexibility index (Phi) is 6.05. The number of carbonyl (C=O) groups excluding carboxylic acids is 1. The lowest BCUT2D eigenvalue weighted by Crippen LogP contribution is -2.30. The Morgan fingerprint density at radius 1 is 1.13 bits per heavy atom. The Balaban J connectivity index is 1.97. The minimum Gasteiger partial charge on any atom is -0.322 e. The number of benzene rings is 2. The zero-order valence-corrected chi connectivity index (χ0v) is 15.0. The van der Waals surface area contributed by atoms with Crippen LogP contribution in [0, 0.1) is 13.8 Å². The number of nitrogens with zero attached hydrogens (tertiary/aromatic N) is 1. The number of likely N-dealkylation sites (N-methyl/N-ethyl adjacent to an activating group) is 1. The highest BCUT2D eigenvalue weighted by molar-refractivity contribution is 6.39. The highest BCUT2D eigenvalue weighted by Gasteiger charge is 2.12. The summed E-state index contributed by atoms with van der Waals surface area (Å²) in [5, 5.41) is 3.64. The minimum absolute atomic E-state index is 0.146. The Labute approximate surface area is 147 Å². The first-order chi connectivity index (χ1) is 10.9. The fourth-order valence-electron chi connectivity index (χ4n) is 2.41. The van der Waals surface area contributed by atoms with Crippen molar-refractivity contribution < 1.29 is 4.79 Å². The lowest BCUT2D eigenvalue weighted by atomic mass is 10.1. The lowest BCUT2D eigenvalue weighted by Gasteiger charge is -2.18. The molecule has 0 aliphatic carbocycles. The third kappa shape index (κ3) is 4.96. The average Bonchev–Trinajstić information content (AvgIpc) is 2.46. The van der Waals surface area contributed by atoms with Crippen molar-refractivity contribution in [2.75, 3.05) is 18.9 Å². The predicted molar refractivity (Wildman–Crippen MR) is 97.3 cm³/mol. The van der Waals surface area contributed by atoms with Gasteiger partial charge in [0.05, 0.1) is 22.3 Å². The van der Waals surface area contributed by atoms with E-state index in [4.69, 9.17) is 23.2 Å². The molecule has 1 amide bonds. The zero-order chi connectivity index (χ0) is 17.0. The first-order valence-corrected chi connectivity index (χ1v) is 8.11. The number of hydrogen-bond donors (Lipinski definition) is 1. The molecule has 0 unspecified atom stereocenters. The van der Waals surface area contributed by atoms with E-state index in [2.05, 4.69) is 37.4 Å². The SMILES string of the molecule is Cc1ccc(CN(C)CC(=O)Nc2c(Cl)cccc2Cl)c(C)c1. The van der Waals surface area contributed by atoms with Gasteiger partial charge in [-0.2, -0.15) is 0 Å². The summed E-state index contributed by atoms with van der Waals surface area (Å²) in [6.07, 6.45) is 0. The van der Waals surface area contributed by atoms with Gasteiger partial charge in [-0.05, 0) is 44.2 Å². The van der Waals surface area contributed by atoms with E-state index < -0.39 is 0 Å². The molecule has 5 heteroatoms. The maximum Gasteiger partial charge on any atom is 0.238 e. The van der Waals surface area contributed by atoms with Gasteiger partial charge in [0.1, 0.15) is 0 Å². The Morgan fingerprint density at radius 2 is 1.78 bits per heavy atom. The molecule has 0 aliphatic rings. The van der Waals surface area contributed by atoms with E-state index >= 15 is 0 Å². The summed E-state index contributed by atoms with van der Waals surface area (Å²) in [4.78, 5) is 14.1. The number of rotatable bonds is 5. The van der Waals surface area contributed by atoms with Crippen molar-refractivity contribution in [3.05, 3.63) is 63.1 Å². The van der Waals surface area contributed by atoms with Crippen LogP contribution in [0.25, 0.3) is 0 Å². The number of hydrogen-bond acceptors (Lipinski definition) is 2. The third-order valence-corrected chi connectivity index (χ3v) is 4.21. The molecule has 0 saturated heterocycles. The van der Waals surface area contributed by atoms with Gasteiger partial charge in [0.15, 0.2) is 0 Å². The van der Waals surface area contributed by atoms with E-state index in [1.54, 1.807) is 18.2 Å². The molecule has 3 nitrogen and oxygen atoms in total. The van der Waals surface area contributed by atoms with Gasteiger partial charge in [-0.3, -0.25) is 9.69 Å². The van der Waals surface area contributed by atoms with Crippen molar-refractivity contribution in [3.8, 4) is 0 Å². The molecule has 2 aromatic rings. The molecule has 122 valence electrons. The molecule has 0 aromatic heterocycles. The van der Waals surface area contributed by atoms with Gasteiger partial charge in [0, 0.05) is 6.54 Å². The Hall–Kier alpha value is -1.55. The molecule has 0 atom stereocenters. The van der Waals surface area contributed by atoms with Gasteiger partial charge < -0.3 is 5.32 Å². The molecule has 0 bridgehead atoms. The highest BCUT2D eigenvalue weighted by Crippen LogP contribution is 2.29. The van der Waals surface area contributed by atoms with Crippen LogP contribution in [-0.4, -0.2) is 24.4 Å². The van der Waals surface area contributed by atoms with Gasteiger partial charge in [-0.25, -0.2) is 0 Å². The number of anilines is 1. The fraction of sp³-hybridized carbons (Fsp3) is 0.278. The second-order valence-corrected chi connectivity index (χ2v) is 6.56. The van der Waals surface area contributed by atoms with Crippen molar-refractivity contribution in [3.63, 3.8) is 0 Å². The number of carbonyl (C=O) groups is 1. The number of halogens is 2. The minimum atomic E-state index is -0.146. The summed E-state index contributed by atoms with van der Waals surface area (Å²) in [6.45, 7) is 5.12. The predicted octanol–water partition coefficient (Wildman–Crippen LogP) is 4.68. The van der Waals surface area contributed by atoms with E-state index in [-0.39, 0.29) is 12.5 Å². The highest BCUT2D eigenvalue weighted by atomic mass is 35.5. The summed E-state index contributed by atoms with van der Waals surface area (Å²) in [6, 6.07) is 11.5. The van der Waals surface area contributed by atoms with Crippen LogP contribution in [0.2, 0.25) is 10.0 Å². The van der Waals surface area contributed by atoms with Gasteiger partial charge in [-0.15, -0.1) is 0 Å². The summed E-state index contributed by atoms with van der Waals surface area (Å²) in [5.41, 5.74) is 4.13. The monoisotopic (exact) mass is 350 g/mol. The summed E-state index contributed by atoms with van der Waals surface area (Å²) in [5.74, 6) is -0.146. The third-order valence-electron chi connectivity index (χ3n) is 3.58. The fourth-order valence-corrected chi connectivity index (χ4v) is 2.90. The van der Waals surface area contributed by atoms with Crippen LogP contribution in [0.15, 0.2) is 36.4 Å².